The highest BCUT2D eigenvalue weighted by Crippen LogP contribution is 2.28. The van der Waals surface area contributed by atoms with E-state index in [0.717, 1.165) is 0 Å². The van der Waals surface area contributed by atoms with Crippen LogP contribution in [-0.4, -0.2) is 15.3 Å². The quantitative estimate of drug-likeness (QED) is 0.576. The zero-order chi connectivity index (χ0) is 8.72. The fourth-order valence-corrected chi connectivity index (χ4v) is 1.33. The summed E-state index contributed by atoms with van der Waals surface area (Å²) < 4.78 is 0. The summed E-state index contributed by atoms with van der Waals surface area (Å²) in [5.41, 5.74) is 0.258. The number of nitrogens with one attached hydrogen (secondary N) is 2. The Morgan fingerprint density at radius 3 is 2.83 bits per heavy atom. The molecule has 3 N–H and O–H groups in total. The summed E-state index contributed by atoms with van der Waals surface area (Å²) in [5.74, 6) is -0.0886. The van der Waals surface area contributed by atoms with Crippen LogP contribution in [0.2, 0.25) is 5.02 Å². The number of rotatable bonds is 0. The molecule has 0 radical (unpaired) electrons. The van der Waals surface area contributed by atoms with Gasteiger partial charge < -0.3 is 5.11 Å². The molecular formula is C7H5ClN2O2. The van der Waals surface area contributed by atoms with Crippen molar-refractivity contribution in [3.8, 4) is 5.75 Å². The molecule has 5 heteroatoms. The predicted molar refractivity (Wildman–Crippen MR) is 45.6 cm³/mol. The lowest BCUT2D eigenvalue weighted by molar-refractivity contribution is 0.476. The molecule has 0 unspecified atom stereocenters. The maximum Gasteiger partial charge on any atom is 0.273 e. The summed E-state index contributed by atoms with van der Waals surface area (Å²) in [7, 11) is 0. The fourth-order valence-electron chi connectivity index (χ4n) is 1.08. The second-order valence-electron chi connectivity index (χ2n) is 2.40. The van der Waals surface area contributed by atoms with Gasteiger partial charge in [-0.1, -0.05) is 11.6 Å². The minimum atomic E-state index is -0.328. The third kappa shape index (κ3) is 0.816. The van der Waals surface area contributed by atoms with Crippen molar-refractivity contribution < 1.29 is 5.11 Å². The van der Waals surface area contributed by atoms with Gasteiger partial charge in [-0.25, -0.2) is 0 Å². The van der Waals surface area contributed by atoms with Gasteiger partial charge in [-0.15, -0.1) is 0 Å². The Hall–Kier alpha value is -1.42. The molecule has 2 rings (SSSR count). The minimum Gasteiger partial charge on any atom is -0.506 e. The lowest BCUT2D eigenvalue weighted by Crippen LogP contribution is -1.97. The summed E-state index contributed by atoms with van der Waals surface area (Å²) in [6.07, 6.45) is 0. The highest BCUT2D eigenvalue weighted by Gasteiger charge is 2.08. The molecule has 0 fully saturated rings. The molecule has 0 atom stereocenters. The largest absolute Gasteiger partial charge is 0.506 e. The Morgan fingerprint density at radius 1 is 1.33 bits per heavy atom. The Bertz CT molecular complexity index is 486. The smallest absolute Gasteiger partial charge is 0.273 e. The van der Waals surface area contributed by atoms with E-state index in [1.807, 2.05) is 0 Å². The number of hydrogen-bond donors (Lipinski definition) is 3. The summed E-state index contributed by atoms with van der Waals surface area (Å²) in [5, 5.41) is 14.5. The van der Waals surface area contributed by atoms with E-state index < -0.39 is 0 Å². The average molecular weight is 185 g/mol. The Balaban J connectivity index is 3.06. The van der Waals surface area contributed by atoms with Gasteiger partial charge in [0.2, 0.25) is 0 Å². The highest BCUT2D eigenvalue weighted by molar-refractivity contribution is 6.36. The molecular weight excluding hydrogens is 180 g/mol. The van der Waals surface area contributed by atoms with Crippen LogP contribution in [-0.2, 0) is 0 Å². The zero-order valence-corrected chi connectivity index (χ0v) is 6.64. The molecule has 0 aliphatic rings. The molecule has 0 amide bonds. The first-order valence-corrected chi connectivity index (χ1v) is 3.66. The van der Waals surface area contributed by atoms with Crippen molar-refractivity contribution in [1.29, 1.82) is 0 Å². The van der Waals surface area contributed by atoms with E-state index in [1.54, 1.807) is 6.07 Å². The number of aromatic amines is 2. The van der Waals surface area contributed by atoms with Gasteiger partial charge in [0.15, 0.2) is 0 Å². The summed E-state index contributed by atoms with van der Waals surface area (Å²) in [4.78, 5) is 11.1. The molecule has 4 nitrogen and oxygen atoms in total. The van der Waals surface area contributed by atoms with Gasteiger partial charge in [0.05, 0.1) is 15.9 Å². The van der Waals surface area contributed by atoms with E-state index >= 15 is 0 Å². The van der Waals surface area contributed by atoms with Gasteiger partial charge in [0, 0.05) is 0 Å². The second kappa shape index (κ2) is 2.28. The van der Waals surface area contributed by atoms with Crippen molar-refractivity contribution in [3.05, 3.63) is 27.5 Å². The van der Waals surface area contributed by atoms with Crippen molar-refractivity contribution in [1.82, 2.24) is 10.2 Å². The Kier molecular flexibility index (Phi) is 1.38. The highest BCUT2D eigenvalue weighted by atomic mass is 35.5. The van der Waals surface area contributed by atoms with Crippen molar-refractivity contribution in [2.75, 3.05) is 0 Å². The number of aromatic nitrogens is 2. The van der Waals surface area contributed by atoms with Crippen LogP contribution in [0.25, 0.3) is 10.9 Å². The third-order valence-corrected chi connectivity index (χ3v) is 2.04. The minimum absolute atomic E-state index is 0.0787. The second-order valence-corrected chi connectivity index (χ2v) is 2.78. The zero-order valence-electron chi connectivity index (χ0n) is 5.89. The lowest BCUT2D eigenvalue weighted by Gasteiger charge is -1.94. The predicted octanol–water partition coefficient (Wildman–Crippen LogP) is 1.22. The van der Waals surface area contributed by atoms with Gasteiger partial charge in [-0.2, -0.15) is 0 Å². The van der Waals surface area contributed by atoms with Crippen LogP contribution in [0.4, 0.5) is 0 Å². The lowest BCUT2D eigenvalue weighted by atomic mass is 10.2. The number of hydrogen-bond acceptors (Lipinski definition) is 2. The summed E-state index contributed by atoms with van der Waals surface area (Å²) >= 11 is 5.68. The number of benzene rings is 1. The molecule has 0 aliphatic heterocycles. The Labute approximate surface area is 71.8 Å². The van der Waals surface area contributed by atoms with Gasteiger partial charge in [0.1, 0.15) is 5.75 Å². The molecule has 0 saturated carbocycles. The number of halogens is 1. The first kappa shape index (κ1) is 7.24. The van der Waals surface area contributed by atoms with Crippen molar-refractivity contribution in [3.63, 3.8) is 0 Å². The number of aromatic hydroxyl groups is 1. The third-order valence-electron chi connectivity index (χ3n) is 1.66. The summed E-state index contributed by atoms with van der Waals surface area (Å²) in [6.45, 7) is 0. The van der Waals surface area contributed by atoms with Crippen molar-refractivity contribution >= 4 is 22.5 Å². The number of phenolic OH excluding ortho intramolecular Hbond substituents is 1. The molecule has 1 aromatic heterocycles. The van der Waals surface area contributed by atoms with Gasteiger partial charge in [0.25, 0.3) is 5.56 Å². The van der Waals surface area contributed by atoms with E-state index in [4.69, 9.17) is 16.7 Å². The molecule has 0 spiro atoms. The van der Waals surface area contributed by atoms with Gasteiger partial charge in [-0.3, -0.25) is 15.0 Å². The molecule has 0 saturated heterocycles. The van der Waals surface area contributed by atoms with E-state index in [2.05, 4.69) is 10.2 Å². The fraction of sp³-hybridized carbons (Fsp3) is 0. The monoisotopic (exact) mass is 184 g/mol. The SMILES string of the molecule is O=c1[nH][nH]c2ccc(O)c(Cl)c12. The van der Waals surface area contributed by atoms with Crippen LogP contribution >= 0.6 is 11.6 Å². The van der Waals surface area contributed by atoms with E-state index in [-0.39, 0.29) is 21.7 Å². The van der Waals surface area contributed by atoms with E-state index in [9.17, 15) is 4.79 Å². The van der Waals surface area contributed by atoms with Crippen LogP contribution in [0.5, 0.6) is 5.75 Å². The molecule has 12 heavy (non-hydrogen) atoms. The van der Waals surface area contributed by atoms with Crippen molar-refractivity contribution in [2.24, 2.45) is 0 Å². The normalized spacial score (nSPS) is 10.8. The van der Waals surface area contributed by atoms with E-state index in [1.165, 1.54) is 6.07 Å². The van der Waals surface area contributed by atoms with Gasteiger partial charge in [-0.05, 0) is 12.1 Å². The van der Waals surface area contributed by atoms with E-state index in [0.29, 0.717) is 5.52 Å². The van der Waals surface area contributed by atoms with Crippen LogP contribution < -0.4 is 5.56 Å². The topological polar surface area (TPSA) is 68.9 Å². The van der Waals surface area contributed by atoms with Crippen LogP contribution in [0, 0.1) is 0 Å². The Morgan fingerprint density at radius 2 is 2.08 bits per heavy atom. The molecule has 1 heterocycles. The standard InChI is InChI=1S/C7H5ClN2O2/c8-6-4(11)2-1-3-5(6)7(12)10-9-3/h1-2,11H,(H2,9,10,12). The first-order valence-electron chi connectivity index (χ1n) is 3.28. The first-order chi connectivity index (χ1) is 5.70. The number of fused-ring (bicyclic) bond motifs is 1. The molecule has 1 aromatic carbocycles. The maximum absolute atomic E-state index is 11.1. The van der Waals surface area contributed by atoms with Crippen LogP contribution in [0.3, 0.4) is 0 Å². The molecule has 0 aliphatic carbocycles. The molecule has 0 bridgehead atoms. The average Bonchev–Trinajstić information content (AvgIpc) is 2.41. The van der Waals surface area contributed by atoms with Crippen molar-refractivity contribution in [2.45, 2.75) is 0 Å². The van der Waals surface area contributed by atoms with Crippen LogP contribution in [0.1, 0.15) is 0 Å². The number of phenols is 1. The van der Waals surface area contributed by atoms with Gasteiger partial charge >= 0.3 is 0 Å². The molecule has 2 aromatic rings. The van der Waals surface area contributed by atoms with Crippen LogP contribution in [0.15, 0.2) is 16.9 Å². The number of H-pyrrole nitrogens is 2. The molecule has 62 valence electrons. The summed E-state index contributed by atoms with van der Waals surface area (Å²) in [6, 6.07) is 3.00. The maximum atomic E-state index is 11.1.